The highest BCUT2D eigenvalue weighted by Crippen LogP contribution is 2.31. The number of unbranched alkanes of at least 4 members (excludes halogenated alkanes) is 8. The number of pyridine rings is 1. The Labute approximate surface area is 243 Å². The molecule has 1 saturated heterocycles. The normalized spacial score (nSPS) is 22.4. The van der Waals surface area contributed by atoms with Crippen molar-refractivity contribution in [1.29, 1.82) is 0 Å². The number of aryl methyl sites for hydroxylation is 1. The number of esters is 2. The molecule has 0 bridgehead atoms. The third-order valence-corrected chi connectivity index (χ3v) is 7.30. The first-order valence-electron chi connectivity index (χ1n) is 15.1. The Balaban J connectivity index is 2.14. The van der Waals surface area contributed by atoms with Crippen molar-refractivity contribution in [2.45, 2.75) is 142 Å². The monoisotopic (exact) mass is 582 g/mol. The maximum absolute atomic E-state index is 12.6. The molecule has 5 atom stereocenters. The molecule has 0 saturated carbocycles. The SMILES string of the molecule is CCCCCCCC(=O)OC[C@H]1O[C@@H](Oc2c(C)ncc(CO)c2CN)[C@H](O)[C@@H](O)[C@@H]1OC(=O)CCCCCCC. The zero-order valence-corrected chi connectivity index (χ0v) is 24.9. The molecule has 1 aromatic rings. The van der Waals surface area contributed by atoms with E-state index in [-0.39, 0.29) is 38.3 Å². The van der Waals surface area contributed by atoms with E-state index in [9.17, 15) is 24.9 Å². The van der Waals surface area contributed by atoms with E-state index >= 15 is 0 Å². The first-order chi connectivity index (χ1) is 19.8. The lowest BCUT2D eigenvalue weighted by molar-refractivity contribution is -0.282. The molecule has 0 unspecified atom stereocenters. The molecule has 0 aliphatic carbocycles. The highest BCUT2D eigenvalue weighted by molar-refractivity contribution is 5.70. The molecule has 0 radical (unpaired) electrons. The van der Waals surface area contributed by atoms with Gasteiger partial charge in [0.05, 0.1) is 12.3 Å². The first-order valence-corrected chi connectivity index (χ1v) is 15.1. The summed E-state index contributed by atoms with van der Waals surface area (Å²) >= 11 is 0. The summed E-state index contributed by atoms with van der Waals surface area (Å²) in [4.78, 5) is 29.3. The van der Waals surface area contributed by atoms with Crippen LogP contribution >= 0.6 is 0 Å². The highest BCUT2D eigenvalue weighted by Gasteiger charge is 2.48. The second-order valence-corrected chi connectivity index (χ2v) is 10.6. The molecule has 0 amide bonds. The van der Waals surface area contributed by atoms with Gasteiger partial charge < -0.3 is 40.0 Å². The number of aliphatic hydroxyl groups excluding tert-OH is 3. The molecule has 1 aromatic heterocycles. The minimum atomic E-state index is -1.61. The van der Waals surface area contributed by atoms with Crippen molar-refractivity contribution < 1.29 is 43.9 Å². The van der Waals surface area contributed by atoms with Gasteiger partial charge in [0.15, 0.2) is 6.10 Å². The van der Waals surface area contributed by atoms with Gasteiger partial charge in [-0.3, -0.25) is 14.6 Å². The Bertz CT molecular complexity index is 929. The van der Waals surface area contributed by atoms with E-state index in [1.54, 1.807) is 6.92 Å². The van der Waals surface area contributed by atoms with Crippen LogP contribution < -0.4 is 10.5 Å². The molecule has 0 spiro atoms. The van der Waals surface area contributed by atoms with Crippen molar-refractivity contribution in [3.63, 3.8) is 0 Å². The van der Waals surface area contributed by atoms with Gasteiger partial charge in [-0.25, -0.2) is 0 Å². The van der Waals surface area contributed by atoms with Gasteiger partial charge in [-0.2, -0.15) is 0 Å². The summed E-state index contributed by atoms with van der Waals surface area (Å²) in [6, 6.07) is 0. The summed E-state index contributed by atoms with van der Waals surface area (Å²) < 4.78 is 22.9. The predicted molar refractivity (Wildman–Crippen MR) is 152 cm³/mol. The fourth-order valence-electron chi connectivity index (χ4n) is 4.79. The number of hydrogen-bond donors (Lipinski definition) is 4. The number of carbonyl (C=O) groups is 2. The Hall–Kier alpha value is -2.31. The van der Waals surface area contributed by atoms with Crippen LogP contribution in [-0.4, -0.2) is 69.6 Å². The Kier molecular flexibility index (Phi) is 16.2. The summed E-state index contributed by atoms with van der Waals surface area (Å²) in [5, 5.41) is 31.6. The topological polar surface area (TPSA) is 171 Å². The molecule has 1 aliphatic heterocycles. The summed E-state index contributed by atoms with van der Waals surface area (Å²) in [5.74, 6) is -0.750. The molecule has 11 nitrogen and oxygen atoms in total. The predicted octanol–water partition coefficient (Wildman–Crippen LogP) is 3.34. The molecule has 5 N–H and O–H groups in total. The zero-order chi connectivity index (χ0) is 30.2. The number of nitrogens with two attached hydrogens (primary N) is 1. The second kappa shape index (κ2) is 19.0. The molecule has 2 rings (SSSR count). The van der Waals surface area contributed by atoms with Crippen molar-refractivity contribution in [3.8, 4) is 5.75 Å². The van der Waals surface area contributed by atoms with E-state index in [4.69, 9.17) is 24.7 Å². The van der Waals surface area contributed by atoms with Crippen LogP contribution in [0.4, 0.5) is 0 Å². The summed E-state index contributed by atoms with van der Waals surface area (Å²) in [7, 11) is 0. The lowest BCUT2D eigenvalue weighted by Gasteiger charge is -2.41. The summed E-state index contributed by atoms with van der Waals surface area (Å²) in [6.45, 7) is 5.31. The number of nitrogens with zero attached hydrogens (tertiary/aromatic N) is 1. The first kappa shape index (κ1) is 34.9. The number of hydrogen-bond acceptors (Lipinski definition) is 11. The van der Waals surface area contributed by atoms with Gasteiger partial charge in [-0.15, -0.1) is 0 Å². The number of rotatable bonds is 19. The average Bonchev–Trinajstić information content (AvgIpc) is 2.96. The zero-order valence-electron chi connectivity index (χ0n) is 24.9. The standard InChI is InChI=1S/C30H50N2O9/c1-4-6-8-10-12-14-24(34)38-19-23-29(40-25(35)15-13-11-9-7-5-2)26(36)27(37)30(39-23)41-28-20(3)32-17-21(18-33)22(28)16-31/h17,23,26-27,29-30,33,36-37H,4-16,18-19,31H2,1-3H3/t23-,26-,27-,29-,30+/m1/s1. The van der Waals surface area contributed by atoms with E-state index in [1.165, 1.54) is 6.20 Å². The third-order valence-electron chi connectivity index (χ3n) is 7.30. The largest absolute Gasteiger partial charge is 0.463 e. The lowest BCUT2D eigenvalue weighted by Crippen LogP contribution is -2.61. The van der Waals surface area contributed by atoms with Crippen molar-refractivity contribution >= 4 is 11.9 Å². The van der Waals surface area contributed by atoms with Crippen LogP contribution in [0.15, 0.2) is 6.20 Å². The van der Waals surface area contributed by atoms with Gasteiger partial charge >= 0.3 is 11.9 Å². The van der Waals surface area contributed by atoms with Crippen LogP contribution in [-0.2, 0) is 37.0 Å². The second-order valence-electron chi connectivity index (χ2n) is 10.6. The molecule has 2 heterocycles. The Morgan fingerprint density at radius 2 is 1.56 bits per heavy atom. The van der Waals surface area contributed by atoms with Crippen molar-refractivity contribution in [2.75, 3.05) is 6.61 Å². The van der Waals surface area contributed by atoms with Gasteiger partial charge in [0.25, 0.3) is 0 Å². The third kappa shape index (κ3) is 11.1. The lowest BCUT2D eigenvalue weighted by atomic mass is 9.98. The Morgan fingerprint density at radius 3 is 2.15 bits per heavy atom. The quantitative estimate of drug-likeness (QED) is 0.139. The van der Waals surface area contributed by atoms with Gasteiger partial charge in [0.2, 0.25) is 6.29 Å². The summed E-state index contributed by atoms with van der Waals surface area (Å²) in [6.07, 6.45) is 4.52. The fraction of sp³-hybridized carbons (Fsp3) is 0.767. The number of carbonyl (C=O) groups excluding carboxylic acids is 2. The molecule has 41 heavy (non-hydrogen) atoms. The van der Waals surface area contributed by atoms with Crippen LogP contribution in [0.3, 0.4) is 0 Å². The minimum Gasteiger partial charge on any atom is -0.463 e. The van der Waals surface area contributed by atoms with Crippen LogP contribution in [0.1, 0.15) is 108 Å². The highest BCUT2D eigenvalue weighted by atomic mass is 16.7. The van der Waals surface area contributed by atoms with E-state index in [0.29, 0.717) is 29.7 Å². The maximum atomic E-state index is 12.6. The molecule has 0 aromatic carbocycles. The maximum Gasteiger partial charge on any atom is 0.306 e. The van der Waals surface area contributed by atoms with E-state index in [1.807, 2.05) is 0 Å². The Morgan fingerprint density at radius 1 is 0.951 bits per heavy atom. The molecule has 11 heteroatoms. The number of aromatic nitrogens is 1. The average molecular weight is 583 g/mol. The minimum absolute atomic E-state index is 0.0255. The van der Waals surface area contributed by atoms with Crippen molar-refractivity contribution in [1.82, 2.24) is 4.98 Å². The number of aliphatic hydroxyl groups is 3. The molecule has 1 fully saturated rings. The fourth-order valence-corrected chi connectivity index (χ4v) is 4.79. The van der Waals surface area contributed by atoms with E-state index in [2.05, 4.69) is 18.8 Å². The van der Waals surface area contributed by atoms with Crippen molar-refractivity contribution in [2.24, 2.45) is 5.73 Å². The smallest absolute Gasteiger partial charge is 0.306 e. The van der Waals surface area contributed by atoms with Gasteiger partial charge in [-0.05, 0) is 19.8 Å². The van der Waals surface area contributed by atoms with Gasteiger partial charge in [0.1, 0.15) is 30.7 Å². The molecule has 234 valence electrons. The van der Waals surface area contributed by atoms with Crippen LogP contribution in [0.2, 0.25) is 0 Å². The molecular weight excluding hydrogens is 532 g/mol. The number of ether oxygens (including phenoxy) is 4. The van der Waals surface area contributed by atoms with Gasteiger partial charge in [-0.1, -0.05) is 65.2 Å². The van der Waals surface area contributed by atoms with Crippen LogP contribution in [0, 0.1) is 6.92 Å². The molecule has 1 aliphatic rings. The van der Waals surface area contributed by atoms with Crippen molar-refractivity contribution in [3.05, 3.63) is 23.0 Å². The molecular formula is C30H50N2O9. The van der Waals surface area contributed by atoms with E-state index < -0.39 is 42.6 Å². The van der Waals surface area contributed by atoms with Crippen LogP contribution in [0.25, 0.3) is 0 Å². The summed E-state index contributed by atoms with van der Waals surface area (Å²) in [5.41, 5.74) is 7.27. The van der Waals surface area contributed by atoms with Crippen LogP contribution in [0.5, 0.6) is 5.75 Å². The van der Waals surface area contributed by atoms with E-state index in [0.717, 1.165) is 51.4 Å². The van der Waals surface area contributed by atoms with Gasteiger partial charge in [0, 0.05) is 36.7 Å².